The minimum absolute atomic E-state index is 0.401. The van der Waals surface area contributed by atoms with Crippen LogP contribution in [0.3, 0.4) is 0 Å². The molecule has 4 heteroatoms. The van der Waals surface area contributed by atoms with Gasteiger partial charge in [0.15, 0.2) is 0 Å². The minimum Gasteiger partial charge on any atom is -0.312 e. The number of nitrogens with zero attached hydrogens (tertiary/aromatic N) is 2. The fraction of sp³-hybridized carbons (Fsp3) is 0.438. The number of thiazole rings is 1. The van der Waals surface area contributed by atoms with E-state index in [2.05, 4.69) is 58.0 Å². The zero-order valence-electron chi connectivity index (χ0n) is 11.8. The van der Waals surface area contributed by atoms with Gasteiger partial charge in [-0.25, -0.2) is 4.98 Å². The molecule has 1 aromatic carbocycles. The fourth-order valence-electron chi connectivity index (χ4n) is 2.45. The third-order valence-corrected chi connectivity index (χ3v) is 4.42. The van der Waals surface area contributed by atoms with E-state index in [1.807, 2.05) is 5.51 Å². The molecule has 1 atom stereocenters. The molecular weight excluding hydrogens is 266 g/mol. The van der Waals surface area contributed by atoms with Crippen molar-refractivity contribution in [1.82, 2.24) is 15.2 Å². The van der Waals surface area contributed by atoms with Gasteiger partial charge in [0.25, 0.3) is 0 Å². The van der Waals surface area contributed by atoms with Gasteiger partial charge in [-0.15, -0.1) is 11.3 Å². The van der Waals surface area contributed by atoms with E-state index in [0.29, 0.717) is 6.04 Å². The molecule has 0 saturated heterocycles. The molecule has 3 rings (SSSR count). The Balaban J connectivity index is 1.69. The highest BCUT2D eigenvalue weighted by molar-refractivity contribution is 7.07. The second-order valence-electron chi connectivity index (χ2n) is 5.50. The molecule has 0 aliphatic heterocycles. The molecule has 1 unspecified atom stereocenters. The number of hydrogen-bond donors (Lipinski definition) is 1. The van der Waals surface area contributed by atoms with Crippen molar-refractivity contribution < 1.29 is 0 Å². The standard InChI is InChI=1S/C16H21N3S/c1-19(10-15-11-20-12-18-15)16(9-17-14-7-8-14)13-5-3-2-4-6-13/h2-6,11-12,14,16-17H,7-10H2,1H3. The summed E-state index contributed by atoms with van der Waals surface area (Å²) in [5.41, 5.74) is 4.44. The largest absolute Gasteiger partial charge is 0.312 e. The summed E-state index contributed by atoms with van der Waals surface area (Å²) in [6, 6.07) is 11.9. The average Bonchev–Trinajstić information content (AvgIpc) is 3.16. The number of hydrogen-bond acceptors (Lipinski definition) is 4. The zero-order chi connectivity index (χ0) is 13.8. The van der Waals surface area contributed by atoms with E-state index < -0.39 is 0 Å². The normalized spacial score (nSPS) is 16.5. The molecule has 1 saturated carbocycles. The summed E-state index contributed by atoms with van der Waals surface area (Å²) in [5, 5.41) is 5.79. The Morgan fingerprint density at radius 3 is 2.80 bits per heavy atom. The monoisotopic (exact) mass is 287 g/mol. The highest BCUT2D eigenvalue weighted by Gasteiger charge is 2.24. The van der Waals surface area contributed by atoms with Crippen LogP contribution in [0.4, 0.5) is 0 Å². The van der Waals surface area contributed by atoms with Gasteiger partial charge < -0.3 is 5.32 Å². The third kappa shape index (κ3) is 3.66. The van der Waals surface area contributed by atoms with Crippen molar-refractivity contribution in [3.63, 3.8) is 0 Å². The van der Waals surface area contributed by atoms with Crippen LogP contribution in [0.15, 0.2) is 41.2 Å². The summed E-state index contributed by atoms with van der Waals surface area (Å²) in [6.45, 7) is 1.91. The molecule has 0 spiro atoms. The number of likely N-dealkylation sites (N-methyl/N-ethyl adjacent to an activating group) is 1. The first-order valence-electron chi connectivity index (χ1n) is 7.18. The predicted molar refractivity (Wildman–Crippen MR) is 83.8 cm³/mol. The first-order valence-corrected chi connectivity index (χ1v) is 8.13. The lowest BCUT2D eigenvalue weighted by Gasteiger charge is -2.28. The van der Waals surface area contributed by atoms with Gasteiger partial charge in [0.1, 0.15) is 0 Å². The highest BCUT2D eigenvalue weighted by atomic mass is 32.1. The van der Waals surface area contributed by atoms with Crippen LogP contribution in [-0.2, 0) is 6.54 Å². The summed E-state index contributed by atoms with van der Waals surface area (Å²) < 4.78 is 0. The number of benzene rings is 1. The van der Waals surface area contributed by atoms with Crippen molar-refractivity contribution in [2.75, 3.05) is 13.6 Å². The van der Waals surface area contributed by atoms with E-state index in [0.717, 1.165) is 24.8 Å². The molecule has 1 fully saturated rings. The molecule has 3 nitrogen and oxygen atoms in total. The highest BCUT2D eigenvalue weighted by Crippen LogP contribution is 2.24. The Labute approximate surface area is 124 Å². The Bertz CT molecular complexity index is 508. The smallest absolute Gasteiger partial charge is 0.0795 e. The van der Waals surface area contributed by atoms with Crippen LogP contribution in [0.25, 0.3) is 0 Å². The van der Waals surface area contributed by atoms with E-state index in [9.17, 15) is 0 Å². The van der Waals surface area contributed by atoms with E-state index in [-0.39, 0.29) is 0 Å². The molecule has 1 aromatic heterocycles. The van der Waals surface area contributed by atoms with Crippen LogP contribution < -0.4 is 5.32 Å². The van der Waals surface area contributed by atoms with Crippen molar-refractivity contribution in [3.8, 4) is 0 Å². The van der Waals surface area contributed by atoms with E-state index in [4.69, 9.17) is 0 Å². The van der Waals surface area contributed by atoms with Gasteiger partial charge in [-0.3, -0.25) is 4.90 Å². The fourth-order valence-corrected chi connectivity index (χ4v) is 3.00. The Hall–Kier alpha value is -1.23. The van der Waals surface area contributed by atoms with Crippen molar-refractivity contribution in [2.45, 2.75) is 31.5 Å². The topological polar surface area (TPSA) is 28.2 Å². The zero-order valence-corrected chi connectivity index (χ0v) is 12.6. The number of aromatic nitrogens is 1. The van der Waals surface area contributed by atoms with Crippen LogP contribution >= 0.6 is 11.3 Å². The minimum atomic E-state index is 0.401. The van der Waals surface area contributed by atoms with Gasteiger partial charge in [-0.1, -0.05) is 30.3 Å². The SMILES string of the molecule is CN(Cc1cscn1)C(CNC1CC1)c1ccccc1. The second-order valence-corrected chi connectivity index (χ2v) is 6.22. The van der Waals surface area contributed by atoms with Gasteiger partial charge in [-0.2, -0.15) is 0 Å². The first kappa shape index (κ1) is 13.7. The van der Waals surface area contributed by atoms with Gasteiger partial charge in [0.2, 0.25) is 0 Å². The summed E-state index contributed by atoms with van der Waals surface area (Å²) in [6.07, 6.45) is 2.66. The van der Waals surface area contributed by atoms with Crippen LogP contribution in [0.1, 0.15) is 30.1 Å². The Morgan fingerprint density at radius 1 is 1.35 bits per heavy atom. The lowest BCUT2D eigenvalue weighted by atomic mass is 10.1. The summed E-state index contributed by atoms with van der Waals surface area (Å²) in [5.74, 6) is 0. The van der Waals surface area contributed by atoms with Crippen molar-refractivity contribution in [3.05, 3.63) is 52.5 Å². The molecule has 106 valence electrons. The van der Waals surface area contributed by atoms with E-state index in [1.165, 1.54) is 18.4 Å². The molecule has 2 aromatic rings. The molecule has 20 heavy (non-hydrogen) atoms. The van der Waals surface area contributed by atoms with Crippen molar-refractivity contribution >= 4 is 11.3 Å². The summed E-state index contributed by atoms with van der Waals surface area (Å²) >= 11 is 1.66. The molecule has 1 aliphatic carbocycles. The quantitative estimate of drug-likeness (QED) is 0.848. The summed E-state index contributed by atoms with van der Waals surface area (Å²) in [4.78, 5) is 6.78. The third-order valence-electron chi connectivity index (χ3n) is 3.79. The van der Waals surface area contributed by atoms with Gasteiger partial charge in [0, 0.05) is 30.6 Å². The van der Waals surface area contributed by atoms with E-state index in [1.54, 1.807) is 11.3 Å². The maximum absolute atomic E-state index is 4.40. The van der Waals surface area contributed by atoms with Crippen molar-refractivity contribution in [2.24, 2.45) is 0 Å². The van der Waals surface area contributed by atoms with Gasteiger partial charge >= 0.3 is 0 Å². The molecule has 1 N–H and O–H groups in total. The lowest BCUT2D eigenvalue weighted by Crippen LogP contribution is -2.34. The van der Waals surface area contributed by atoms with Gasteiger partial charge in [-0.05, 0) is 25.5 Å². The van der Waals surface area contributed by atoms with Crippen LogP contribution in [0.5, 0.6) is 0 Å². The molecule has 1 aliphatic rings. The maximum atomic E-state index is 4.40. The maximum Gasteiger partial charge on any atom is 0.0795 e. The first-order chi connectivity index (χ1) is 9.83. The van der Waals surface area contributed by atoms with Crippen LogP contribution in [0.2, 0.25) is 0 Å². The Morgan fingerprint density at radius 2 is 2.15 bits per heavy atom. The second kappa shape index (κ2) is 6.48. The van der Waals surface area contributed by atoms with Crippen LogP contribution in [-0.4, -0.2) is 29.5 Å². The van der Waals surface area contributed by atoms with Crippen molar-refractivity contribution in [1.29, 1.82) is 0 Å². The van der Waals surface area contributed by atoms with Gasteiger partial charge in [0.05, 0.1) is 11.2 Å². The molecule has 0 amide bonds. The molecular formula is C16H21N3S. The van der Waals surface area contributed by atoms with Crippen LogP contribution in [0, 0.1) is 0 Å². The Kier molecular flexibility index (Phi) is 4.45. The lowest BCUT2D eigenvalue weighted by molar-refractivity contribution is 0.227. The molecule has 0 radical (unpaired) electrons. The average molecular weight is 287 g/mol. The summed E-state index contributed by atoms with van der Waals surface area (Å²) in [7, 11) is 2.19. The molecule has 0 bridgehead atoms. The molecule has 1 heterocycles. The predicted octanol–water partition coefficient (Wildman–Crippen LogP) is 3.07. The van der Waals surface area contributed by atoms with E-state index >= 15 is 0 Å². The number of nitrogens with one attached hydrogen (secondary N) is 1. The number of rotatable bonds is 7.